The molecule has 0 aliphatic carbocycles. The van der Waals surface area contributed by atoms with E-state index in [4.69, 9.17) is 28.5 Å². The smallest absolute Gasteiger partial charge is 0.118 e. The molecule has 1 rings (SSSR count). The van der Waals surface area contributed by atoms with Crippen molar-refractivity contribution in [2.24, 2.45) is 0 Å². The van der Waals surface area contributed by atoms with E-state index in [2.05, 4.69) is 0 Å². The molecule has 1 nitrogen and oxygen atoms in total. The van der Waals surface area contributed by atoms with Crippen LogP contribution in [0.1, 0.15) is 5.56 Å². The summed E-state index contributed by atoms with van der Waals surface area (Å²) in [7, 11) is 0. The van der Waals surface area contributed by atoms with Crippen molar-refractivity contribution >= 4 is 29.3 Å². The van der Waals surface area contributed by atoms with E-state index in [1.54, 1.807) is 30.3 Å². The molecule has 60 valence electrons. The zero-order chi connectivity index (χ0) is 8.97. The Balaban J connectivity index is 2.93. The van der Waals surface area contributed by atoms with Crippen LogP contribution in [0.5, 0.6) is 0 Å². The summed E-state index contributed by atoms with van der Waals surface area (Å²) in [5.41, 5.74) is 0.867. The van der Waals surface area contributed by atoms with Gasteiger partial charge in [0.05, 0.1) is 0 Å². The second kappa shape index (κ2) is 4.15. The third-order valence-corrected chi connectivity index (χ3v) is 1.72. The Hall–Kier alpha value is -0.970. The van der Waals surface area contributed by atoms with Gasteiger partial charge >= 0.3 is 0 Å². The molecule has 0 radical (unpaired) electrons. The molecule has 0 aliphatic rings. The first-order valence-corrected chi connectivity index (χ1v) is 4.01. The van der Waals surface area contributed by atoms with Gasteiger partial charge in [-0.25, -0.2) is 0 Å². The summed E-state index contributed by atoms with van der Waals surface area (Å²) >= 11 is 11.2. The van der Waals surface area contributed by atoms with E-state index in [0.29, 0.717) is 5.02 Å². The summed E-state index contributed by atoms with van der Waals surface area (Å²) in [6, 6.07) is 8.90. The van der Waals surface area contributed by atoms with Crippen molar-refractivity contribution < 1.29 is 0 Å². The Morgan fingerprint density at radius 3 is 2.42 bits per heavy atom. The predicted molar refractivity (Wildman–Crippen MR) is 50.9 cm³/mol. The summed E-state index contributed by atoms with van der Waals surface area (Å²) in [6.45, 7) is 0. The van der Waals surface area contributed by atoms with E-state index >= 15 is 0 Å². The van der Waals surface area contributed by atoms with E-state index < -0.39 is 0 Å². The standard InChI is InChI=1S/C9H5Cl2N/c10-8-3-1-7(2-4-8)5-9(11)6-12/h1-5H/b9-5+. The number of halogens is 2. The van der Waals surface area contributed by atoms with Crippen LogP contribution in [0, 0.1) is 11.3 Å². The molecule has 3 heteroatoms. The molecule has 0 aliphatic heterocycles. The van der Waals surface area contributed by atoms with Crippen molar-refractivity contribution in [3.05, 3.63) is 39.9 Å². The number of nitrogens with zero attached hydrogens (tertiary/aromatic N) is 1. The Morgan fingerprint density at radius 2 is 1.92 bits per heavy atom. The quantitative estimate of drug-likeness (QED) is 0.634. The Labute approximate surface area is 80.8 Å². The topological polar surface area (TPSA) is 23.8 Å². The summed E-state index contributed by atoms with van der Waals surface area (Å²) in [5, 5.41) is 9.21. The van der Waals surface area contributed by atoms with Gasteiger partial charge in [0.1, 0.15) is 11.1 Å². The largest absolute Gasteiger partial charge is 0.191 e. The number of benzene rings is 1. The van der Waals surface area contributed by atoms with E-state index in [9.17, 15) is 0 Å². The van der Waals surface area contributed by atoms with Crippen LogP contribution in [0.25, 0.3) is 6.08 Å². The maximum atomic E-state index is 8.37. The Kier molecular flexibility index (Phi) is 3.16. The normalized spacial score (nSPS) is 10.9. The highest BCUT2D eigenvalue weighted by atomic mass is 35.5. The van der Waals surface area contributed by atoms with Crippen molar-refractivity contribution in [1.29, 1.82) is 5.26 Å². The second-order valence-corrected chi connectivity index (χ2v) is 3.00. The van der Waals surface area contributed by atoms with E-state index in [0.717, 1.165) is 5.56 Å². The first kappa shape index (κ1) is 9.12. The van der Waals surface area contributed by atoms with Gasteiger partial charge in [-0.2, -0.15) is 5.26 Å². The van der Waals surface area contributed by atoms with Gasteiger partial charge in [0, 0.05) is 5.02 Å². The zero-order valence-corrected chi connectivity index (χ0v) is 7.60. The third-order valence-electron chi connectivity index (χ3n) is 1.27. The monoisotopic (exact) mass is 197 g/mol. The molecule has 0 N–H and O–H groups in total. The molecule has 0 amide bonds. The number of allylic oxidation sites excluding steroid dienone is 1. The van der Waals surface area contributed by atoms with Crippen molar-refractivity contribution in [2.45, 2.75) is 0 Å². The maximum absolute atomic E-state index is 8.37. The van der Waals surface area contributed by atoms with Gasteiger partial charge in [0.2, 0.25) is 0 Å². The van der Waals surface area contributed by atoms with Crippen LogP contribution in [0.2, 0.25) is 5.02 Å². The van der Waals surface area contributed by atoms with Crippen LogP contribution in [0.15, 0.2) is 29.3 Å². The fourth-order valence-corrected chi connectivity index (χ4v) is 0.990. The third kappa shape index (κ3) is 2.58. The average Bonchev–Trinajstić information content (AvgIpc) is 2.09. The molecule has 0 aromatic heterocycles. The van der Waals surface area contributed by atoms with Crippen LogP contribution in [-0.2, 0) is 0 Å². The molecular weight excluding hydrogens is 193 g/mol. The first-order chi connectivity index (χ1) is 5.72. The van der Waals surface area contributed by atoms with Crippen LogP contribution in [-0.4, -0.2) is 0 Å². The fourth-order valence-electron chi connectivity index (χ4n) is 0.738. The Bertz CT molecular complexity index is 333. The van der Waals surface area contributed by atoms with Crippen LogP contribution in [0.4, 0.5) is 0 Å². The van der Waals surface area contributed by atoms with Crippen molar-refractivity contribution in [3.63, 3.8) is 0 Å². The molecule has 0 saturated heterocycles. The highest BCUT2D eigenvalue weighted by molar-refractivity contribution is 6.34. The van der Waals surface area contributed by atoms with Crippen LogP contribution in [0.3, 0.4) is 0 Å². The average molecular weight is 198 g/mol. The van der Waals surface area contributed by atoms with Gasteiger partial charge in [-0.3, -0.25) is 0 Å². The summed E-state index contributed by atoms with van der Waals surface area (Å²) in [5.74, 6) is 0. The molecule has 0 saturated carbocycles. The van der Waals surface area contributed by atoms with E-state index in [1.807, 2.05) is 6.07 Å². The molecule has 0 unspecified atom stereocenters. The van der Waals surface area contributed by atoms with Crippen LogP contribution >= 0.6 is 23.2 Å². The summed E-state index contributed by atoms with van der Waals surface area (Å²) in [4.78, 5) is 0. The van der Waals surface area contributed by atoms with Gasteiger partial charge < -0.3 is 0 Å². The second-order valence-electron chi connectivity index (χ2n) is 2.16. The minimum Gasteiger partial charge on any atom is -0.191 e. The molecule has 0 heterocycles. The molecule has 0 atom stereocenters. The number of hydrogen-bond donors (Lipinski definition) is 0. The first-order valence-electron chi connectivity index (χ1n) is 3.25. The minimum absolute atomic E-state index is 0.164. The molecule has 1 aromatic carbocycles. The lowest BCUT2D eigenvalue weighted by molar-refractivity contribution is 1.53. The van der Waals surface area contributed by atoms with E-state index in [-0.39, 0.29) is 5.03 Å². The minimum atomic E-state index is 0.164. The molecule has 0 bridgehead atoms. The zero-order valence-electron chi connectivity index (χ0n) is 6.09. The molecular formula is C9H5Cl2N. The molecule has 1 aromatic rings. The lowest BCUT2D eigenvalue weighted by Gasteiger charge is -1.92. The van der Waals surface area contributed by atoms with Gasteiger partial charge in [-0.05, 0) is 23.8 Å². The van der Waals surface area contributed by atoms with Crippen molar-refractivity contribution in [3.8, 4) is 6.07 Å². The highest BCUT2D eigenvalue weighted by Gasteiger charge is 1.91. The van der Waals surface area contributed by atoms with Crippen molar-refractivity contribution in [2.75, 3.05) is 0 Å². The summed E-state index contributed by atoms with van der Waals surface area (Å²) < 4.78 is 0. The molecule has 12 heavy (non-hydrogen) atoms. The number of hydrogen-bond acceptors (Lipinski definition) is 1. The predicted octanol–water partition coefficient (Wildman–Crippen LogP) is 3.44. The van der Waals surface area contributed by atoms with Gasteiger partial charge in [0.15, 0.2) is 0 Å². The lowest BCUT2D eigenvalue weighted by atomic mass is 10.2. The number of nitriles is 1. The highest BCUT2D eigenvalue weighted by Crippen LogP contribution is 2.13. The van der Waals surface area contributed by atoms with Crippen molar-refractivity contribution in [1.82, 2.24) is 0 Å². The fraction of sp³-hybridized carbons (Fsp3) is 0. The maximum Gasteiger partial charge on any atom is 0.118 e. The number of rotatable bonds is 1. The van der Waals surface area contributed by atoms with Gasteiger partial charge in [-0.15, -0.1) is 0 Å². The molecule has 0 spiro atoms. The lowest BCUT2D eigenvalue weighted by Crippen LogP contribution is -1.71. The SMILES string of the molecule is N#C/C(Cl)=C\c1ccc(Cl)cc1. The molecule has 0 fully saturated rings. The van der Waals surface area contributed by atoms with Crippen LogP contribution < -0.4 is 0 Å². The Morgan fingerprint density at radius 1 is 1.33 bits per heavy atom. The summed E-state index contributed by atoms with van der Waals surface area (Å²) in [6.07, 6.45) is 1.58. The van der Waals surface area contributed by atoms with Gasteiger partial charge in [-0.1, -0.05) is 35.3 Å². The van der Waals surface area contributed by atoms with E-state index in [1.165, 1.54) is 0 Å². The van der Waals surface area contributed by atoms with Gasteiger partial charge in [0.25, 0.3) is 0 Å².